The van der Waals surface area contributed by atoms with E-state index in [1.165, 1.54) is 0 Å². The molecule has 20 heavy (non-hydrogen) atoms. The van der Waals surface area contributed by atoms with Crippen molar-refractivity contribution in [3.05, 3.63) is 17.3 Å². The Kier molecular flexibility index (Phi) is 4.69. The van der Waals surface area contributed by atoms with E-state index in [-0.39, 0.29) is 0 Å². The normalized spacial score (nSPS) is 11.4. The van der Waals surface area contributed by atoms with Crippen molar-refractivity contribution >= 4 is 5.97 Å². The van der Waals surface area contributed by atoms with Crippen LogP contribution < -0.4 is 9.47 Å². The molecule has 0 unspecified atom stereocenters. The highest BCUT2D eigenvalue weighted by Gasteiger charge is 2.36. The van der Waals surface area contributed by atoms with Crippen molar-refractivity contribution < 1.29 is 41.0 Å². The highest BCUT2D eigenvalue weighted by molar-refractivity contribution is 5.90. The van der Waals surface area contributed by atoms with E-state index in [0.29, 0.717) is 6.07 Å². The topological polar surface area (TPSA) is 57.7 Å². The predicted molar refractivity (Wildman–Crippen MR) is 53.8 cm³/mol. The van der Waals surface area contributed by atoms with Crippen LogP contribution in [0.5, 0.6) is 11.6 Å². The van der Waals surface area contributed by atoms with Gasteiger partial charge in [-0.25, -0.2) is 18.6 Å². The van der Waals surface area contributed by atoms with Gasteiger partial charge in [0.15, 0.2) is 5.69 Å². The van der Waals surface area contributed by atoms with Crippen LogP contribution in [0, 0.1) is 0 Å². The zero-order valence-corrected chi connectivity index (χ0v) is 10.1. The van der Waals surface area contributed by atoms with E-state index in [0.717, 1.165) is 14.2 Å². The molecule has 1 aromatic heterocycles. The summed E-state index contributed by atoms with van der Waals surface area (Å²) in [5.41, 5.74) is -2.34. The number of aromatic nitrogens is 1. The molecule has 0 aliphatic carbocycles. The zero-order chi connectivity index (χ0) is 15.5. The summed E-state index contributed by atoms with van der Waals surface area (Å²) >= 11 is 0. The first kappa shape index (κ1) is 15.9. The average Bonchev–Trinajstić information content (AvgIpc) is 2.34. The number of carbonyl (C=O) groups is 1. The molecular weight excluding hydrogens is 293 g/mol. The number of carbonyl (C=O) groups excluding carboxylic acids is 1. The summed E-state index contributed by atoms with van der Waals surface area (Å²) in [6.45, 7) is 0. The number of ether oxygens (including phenoxy) is 3. The molecule has 0 saturated heterocycles. The molecule has 0 spiro atoms. The molecule has 0 bridgehead atoms. The number of alkyl halides is 5. The second-order valence-electron chi connectivity index (χ2n) is 3.27. The quantitative estimate of drug-likeness (QED) is 0.632. The number of esters is 1. The molecular formula is C10H8F5NO4. The smallest absolute Gasteiger partial charge is 0.481 e. The van der Waals surface area contributed by atoms with Crippen molar-refractivity contribution in [2.24, 2.45) is 0 Å². The molecule has 0 radical (unpaired) electrons. The predicted octanol–water partition coefficient (Wildman–Crippen LogP) is 2.71. The van der Waals surface area contributed by atoms with Crippen molar-refractivity contribution in [2.75, 3.05) is 14.2 Å². The van der Waals surface area contributed by atoms with Gasteiger partial charge in [0.2, 0.25) is 5.88 Å². The number of nitrogens with zero attached hydrogens (tertiary/aromatic N) is 1. The Morgan fingerprint density at radius 3 is 2.30 bits per heavy atom. The van der Waals surface area contributed by atoms with Gasteiger partial charge in [-0.1, -0.05) is 0 Å². The van der Waals surface area contributed by atoms with Gasteiger partial charge in [-0.15, -0.1) is 13.2 Å². The standard InChI is InChI=1S/C10H8F5NO4/c1-18-5-3-4(20-10(13,14)15)6(8(11)12)7(16-5)9(17)19-2/h3,8H,1-2H3. The summed E-state index contributed by atoms with van der Waals surface area (Å²) in [4.78, 5) is 14.7. The van der Waals surface area contributed by atoms with Crippen molar-refractivity contribution in [3.8, 4) is 11.6 Å². The molecule has 0 aliphatic heterocycles. The van der Waals surface area contributed by atoms with E-state index in [4.69, 9.17) is 0 Å². The van der Waals surface area contributed by atoms with E-state index in [1.807, 2.05) is 0 Å². The molecule has 1 heterocycles. The molecule has 1 rings (SSSR count). The molecule has 0 aromatic carbocycles. The van der Waals surface area contributed by atoms with Gasteiger partial charge < -0.3 is 14.2 Å². The molecule has 0 saturated carbocycles. The van der Waals surface area contributed by atoms with Crippen LogP contribution in [0.15, 0.2) is 6.07 Å². The Hall–Kier alpha value is -2.13. The Labute approximate surface area is 109 Å². The molecule has 0 fully saturated rings. The monoisotopic (exact) mass is 301 g/mol. The highest BCUT2D eigenvalue weighted by atomic mass is 19.4. The summed E-state index contributed by atoms with van der Waals surface area (Å²) in [6.07, 6.45) is -8.65. The van der Waals surface area contributed by atoms with Crippen molar-refractivity contribution in [1.29, 1.82) is 0 Å². The second kappa shape index (κ2) is 5.88. The van der Waals surface area contributed by atoms with Gasteiger partial charge in [-0.3, -0.25) is 0 Å². The second-order valence-corrected chi connectivity index (χ2v) is 3.27. The largest absolute Gasteiger partial charge is 0.573 e. The van der Waals surface area contributed by atoms with E-state index in [1.54, 1.807) is 0 Å². The van der Waals surface area contributed by atoms with E-state index in [2.05, 4.69) is 19.2 Å². The van der Waals surface area contributed by atoms with E-state index < -0.39 is 41.6 Å². The van der Waals surface area contributed by atoms with Gasteiger partial charge in [-0.05, 0) is 0 Å². The van der Waals surface area contributed by atoms with Crippen molar-refractivity contribution in [3.63, 3.8) is 0 Å². The lowest BCUT2D eigenvalue weighted by Crippen LogP contribution is -2.20. The number of halogens is 5. The molecule has 1 aromatic rings. The van der Waals surface area contributed by atoms with Gasteiger partial charge in [0.25, 0.3) is 6.43 Å². The first-order valence-corrected chi connectivity index (χ1v) is 4.90. The highest BCUT2D eigenvalue weighted by Crippen LogP contribution is 2.37. The van der Waals surface area contributed by atoms with Crippen LogP contribution in [0.25, 0.3) is 0 Å². The maximum absolute atomic E-state index is 12.9. The van der Waals surface area contributed by atoms with Crippen LogP contribution >= 0.6 is 0 Å². The van der Waals surface area contributed by atoms with Crippen LogP contribution in [-0.4, -0.2) is 31.5 Å². The summed E-state index contributed by atoms with van der Waals surface area (Å²) in [5.74, 6) is -3.12. The van der Waals surface area contributed by atoms with Crippen LogP contribution in [-0.2, 0) is 4.74 Å². The molecule has 112 valence electrons. The first-order chi connectivity index (χ1) is 9.19. The number of hydrogen-bond acceptors (Lipinski definition) is 5. The fraction of sp³-hybridized carbons (Fsp3) is 0.400. The van der Waals surface area contributed by atoms with E-state index in [9.17, 15) is 26.7 Å². The first-order valence-electron chi connectivity index (χ1n) is 4.90. The SMILES string of the molecule is COC(=O)c1nc(OC)cc(OC(F)(F)F)c1C(F)F. The van der Waals surface area contributed by atoms with Gasteiger partial charge in [0.1, 0.15) is 5.75 Å². The zero-order valence-electron chi connectivity index (χ0n) is 10.1. The minimum absolute atomic E-state index is 0.501. The molecule has 5 nitrogen and oxygen atoms in total. The van der Waals surface area contributed by atoms with Crippen LogP contribution in [0.2, 0.25) is 0 Å². The molecule has 0 N–H and O–H groups in total. The number of hydrogen-bond donors (Lipinski definition) is 0. The summed E-state index contributed by atoms with van der Waals surface area (Å²) in [5, 5.41) is 0. The Bertz CT molecular complexity index is 503. The van der Waals surface area contributed by atoms with Gasteiger partial charge in [0, 0.05) is 6.07 Å². The maximum atomic E-state index is 12.9. The van der Waals surface area contributed by atoms with Crippen LogP contribution in [0.4, 0.5) is 22.0 Å². The maximum Gasteiger partial charge on any atom is 0.573 e. The lowest BCUT2D eigenvalue weighted by molar-refractivity contribution is -0.275. The third-order valence-electron chi connectivity index (χ3n) is 2.03. The summed E-state index contributed by atoms with van der Waals surface area (Å²) < 4.78 is 74.5. The lowest BCUT2D eigenvalue weighted by atomic mass is 10.1. The number of rotatable bonds is 4. The van der Waals surface area contributed by atoms with Crippen LogP contribution in [0.1, 0.15) is 22.5 Å². The van der Waals surface area contributed by atoms with Crippen LogP contribution in [0.3, 0.4) is 0 Å². The Balaban J connectivity index is 3.50. The average molecular weight is 301 g/mol. The molecule has 0 aliphatic rings. The van der Waals surface area contributed by atoms with Gasteiger partial charge >= 0.3 is 12.3 Å². The minimum Gasteiger partial charge on any atom is -0.481 e. The summed E-state index contributed by atoms with van der Waals surface area (Å²) in [7, 11) is 1.89. The summed E-state index contributed by atoms with van der Waals surface area (Å²) in [6, 6.07) is 0.501. The fourth-order valence-electron chi connectivity index (χ4n) is 1.29. The Morgan fingerprint density at radius 1 is 1.30 bits per heavy atom. The fourth-order valence-corrected chi connectivity index (χ4v) is 1.29. The lowest BCUT2D eigenvalue weighted by Gasteiger charge is -2.15. The third kappa shape index (κ3) is 3.68. The number of methoxy groups -OCH3 is 2. The molecule has 0 atom stereocenters. The van der Waals surface area contributed by atoms with Gasteiger partial charge in [-0.2, -0.15) is 0 Å². The molecule has 10 heteroatoms. The van der Waals surface area contributed by atoms with Crippen molar-refractivity contribution in [1.82, 2.24) is 4.98 Å². The molecule has 0 amide bonds. The minimum atomic E-state index is -5.22. The number of pyridine rings is 1. The van der Waals surface area contributed by atoms with Crippen molar-refractivity contribution in [2.45, 2.75) is 12.8 Å². The Morgan fingerprint density at radius 2 is 1.90 bits per heavy atom. The third-order valence-corrected chi connectivity index (χ3v) is 2.03. The van der Waals surface area contributed by atoms with Gasteiger partial charge in [0.05, 0.1) is 19.8 Å². The van der Waals surface area contributed by atoms with E-state index >= 15 is 0 Å².